The minimum absolute atomic E-state index is 0.396. The molecule has 1 N–H and O–H groups in total. The molecule has 0 aliphatic heterocycles. The van der Waals surface area contributed by atoms with Crippen LogP contribution in [0.1, 0.15) is 43.4 Å². The first-order chi connectivity index (χ1) is 10.1. The Morgan fingerprint density at radius 1 is 0.905 bits per heavy atom. The predicted octanol–water partition coefficient (Wildman–Crippen LogP) is 4.76. The Hall–Kier alpha value is -1.60. The summed E-state index contributed by atoms with van der Waals surface area (Å²) in [5.74, 6) is 0.974. The SMILES string of the molecule is CCNC(C(C)C)C(c1ccccc1)c1ccccc1C. The lowest BCUT2D eigenvalue weighted by atomic mass is 9.78. The van der Waals surface area contributed by atoms with Crippen LogP contribution in [0.4, 0.5) is 0 Å². The summed E-state index contributed by atoms with van der Waals surface area (Å²) in [5.41, 5.74) is 4.20. The second-order valence-corrected chi connectivity index (χ2v) is 6.07. The van der Waals surface area contributed by atoms with Gasteiger partial charge in [-0.15, -0.1) is 0 Å². The second kappa shape index (κ2) is 7.42. The van der Waals surface area contributed by atoms with Gasteiger partial charge in [-0.05, 0) is 36.1 Å². The van der Waals surface area contributed by atoms with E-state index in [0.717, 1.165) is 6.54 Å². The van der Waals surface area contributed by atoms with Crippen molar-refractivity contribution in [3.63, 3.8) is 0 Å². The van der Waals surface area contributed by atoms with E-state index in [-0.39, 0.29) is 0 Å². The van der Waals surface area contributed by atoms with Gasteiger partial charge in [0.2, 0.25) is 0 Å². The molecule has 0 heterocycles. The zero-order valence-corrected chi connectivity index (χ0v) is 13.6. The topological polar surface area (TPSA) is 12.0 Å². The Labute approximate surface area is 129 Å². The molecule has 0 saturated heterocycles. The molecular weight excluding hydrogens is 254 g/mol. The van der Waals surface area contributed by atoms with Crippen molar-refractivity contribution in [2.24, 2.45) is 5.92 Å². The molecule has 1 heteroatoms. The third kappa shape index (κ3) is 3.74. The first-order valence-corrected chi connectivity index (χ1v) is 7.99. The summed E-state index contributed by atoms with van der Waals surface area (Å²) in [6, 6.07) is 20.1. The zero-order valence-electron chi connectivity index (χ0n) is 13.6. The van der Waals surface area contributed by atoms with Gasteiger partial charge in [0, 0.05) is 12.0 Å². The second-order valence-electron chi connectivity index (χ2n) is 6.07. The lowest BCUT2D eigenvalue weighted by Crippen LogP contribution is -2.39. The van der Waals surface area contributed by atoms with Gasteiger partial charge < -0.3 is 5.32 Å². The van der Waals surface area contributed by atoms with Crippen LogP contribution in [0.3, 0.4) is 0 Å². The van der Waals surface area contributed by atoms with Crippen molar-refractivity contribution in [3.05, 3.63) is 71.3 Å². The maximum absolute atomic E-state index is 3.71. The summed E-state index contributed by atoms with van der Waals surface area (Å²) in [4.78, 5) is 0. The normalized spacial score (nSPS) is 14.1. The van der Waals surface area contributed by atoms with Crippen molar-refractivity contribution < 1.29 is 0 Å². The highest BCUT2D eigenvalue weighted by Crippen LogP contribution is 2.33. The third-order valence-corrected chi connectivity index (χ3v) is 4.20. The van der Waals surface area contributed by atoms with E-state index in [2.05, 4.69) is 87.6 Å². The van der Waals surface area contributed by atoms with E-state index in [1.807, 2.05) is 0 Å². The van der Waals surface area contributed by atoms with Crippen molar-refractivity contribution in [1.29, 1.82) is 0 Å². The molecule has 2 unspecified atom stereocenters. The summed E-state index contributed by atoms with van der Waals surface area (Å²) >= 11 is 0. The van der Waals surface area contributed by atoms with Gasteiger partial charge in [0.15, 0.2) is 0 Å². The lowest BCUT2D eigenvalue weighted by molar-refractivity contribution is 0.372. The van der Waals surface area contributed by atoms with Gasteiger partial charge in [-0.25, -0.2) is 0 Å². The quantitative estimate of drug-likeness (QED) is 0.805. The minimum atomic E-state index is 0.396. The Bertz CT molecular complexity index is 545. The van der Waals surface area contributed by atoms with E-state index < -0.39 is 0 Å². The molecule has 0 aromatic heterocycles. The summed E-state index contributed by atoms with van der Waals surface area (Å²) in [5, 5.41) is 3.71. The molecule has 0 amide bonds. The molecule has 2 rings (SSSR count). The number of benzene rings is 2. The molecule has 0 aliphatic rings. The fourth-order valence-electron chi connectivity index (χ4n) is 3.15. The van der Waals surface area contributed by atoms with Crippen LogP contribution >= 0.6 is 0 Å². The molecule has 21 heavy (non-hydrogen) atoms. The van der Waals surface area contributed by atoms with Crippen molar-refractivity contribution >= 4 is 0 Å². The van der Waals surface area contributed by atoms with Crippen LogP contribution in [0, 0.1) is 12.8 Å². The summed E-state index contributed by atoms with van der Waals surface area (Å²) < 4.78 is 0. The third-order valence-electron chi connectivity index (χ3n) is 4.20. The monoisotopic (exact) mass is 281 g/mol. The highest BCUT2D eigenvalue weighted by molar-refractivity contribution is 5.39. The maximum Gasteiger partial charge on any atom is 0.0248 e. The number of nitrogens with one attached hydrogen (secondary N) is 1. The molecular formula is C20H27N. The van der Waals surface area contributed by atoms with Crippen molar-refractivity contribution in [2.45, 2.75) is 39.7 Å². The van der Waals surface area contributed by atoms with Crippen molar-refractivity contribution in [1.82, 2.24) is 5.32 Å². The average Bonchev–Trinajstić information content (AvgIpc) is 2.49. The molecule has 112 valence electrons. The Balaban J connectivity index is 2.51. The smallest absolute Gasteiger partial charge is 0.0248 e. The van der Waals surface area contributed by atoms with E-state index in [9.17, 15) is 0 Å². The molecule has 2 atom stereocenters. The van der Waals surface area contributed by atoms with E-state index in [0.29, 0.717) is 17.9 Å². The van der Waals surface area contributed by atoms with Crippen LogP contribution in [0.25, 0.3) is 0 Å². The molecule has 1 nitrogen and oxygen atoms in total. The molecule has 0 radical (unpaired) electrons. The standard InChI is InChI=1S/C20H27N/c1-5-21-20(15(2)3)19(17-12-7-6-8-13-17)18-14-10-9-11-16(18)4/h6-15,19-21H,5H2,1-4H3. The number of likely N-dealkylation sites (N-methyl/N-ethyl adjacent to an activating group) is 1. The van der Waals surface area contributed by atoms with Crippen LogP contribution < -0.4 is 5.32 Å². The number of hydrogen-bond donors (Lipinski definition) is 1. The number of hydrogen-bond acceptors (Lipinski definition) is 1. The van der Waals surface area contributed by atoms with Crippen molar-refractivity contribution in [3.8, 4) is 0 Å². The van der Waals surface area contributed by atoms with Crippen molar-refractivity contribution in [2.75, 3.05) is 6.54 Å². The zero-order chi connectivity index (χ0) is 15.2. The van der Waals surface area contributed by atoms with Gasteiger partial charge in [-0.2, -0.15) is 0 Å². The summed E-state index contributed by atoms with van der Waals surface area (Å²) in [6.07, 6.45) is 0. The fourth-order valence-corrected chi connectivity index (χ4v) is 3.15. The average molecular weight is 281 g/mol. The predicted molar refractivity (Wildman–Crippen MR) is 91.8 cm³/mol. The first kappa shape index (κ1) is 15.8. The van der Waals surface area contributed by atoms with Gasteiger partial charge in [0.05, 0.1) is 0 Å². The molecule has 0 fully saturated rings. The number of rotatable bonds is 6. The molecule has 2 aromatic rings. The van der Waals surface area contributed by atoms with Crippen LogP contribution in [0.2, 0.25) is 0 Å². The van der Waals surface area contributed by atoms with Crippen LogP contribution in [0.15, 0.2) is 54.6 Å². The fraction of sp³-hybridized carbons (Fsp3) is 0.400. The van der Waals surface area contributed by atoms with Gasteiger partial charge in [-0.1, -0.05) is 75.4 Å². The molecule has 2 aromatic carbocycles. The lowest BCUT2D eigenvalue weighted by Gasteiger charge is -2.33. The Kier molecular flexibility index (Phi) is 5.58. The summed E-state index contributed by atoms with van der Waals surface area (Å²) in [7, 11) is 0. The first-order valence-electron chi connectivity index (χ1n) is 7.99. The van der Waals surface area contributed by atoms with Crippen LogP contribution in [-0.2, 0) is 0 Å². The van der Waals surface area contributed by atoms with Gasteiger partial charge >= 0.3 is 0 Å². The molecule has 0 aliphatic carbocycles. The van der Waals surface area contributed by atoms with Gasteiger partial charge in [0.1, 0.15) is 0 Å². The van der Waals surface area contributed by atoms with Crippen LogP contribution in [0.5, 0.6) is 0 Å². The number of aryl methyl sites for hydroxylation is 1. The van der Waals surface area contributed by atoms with Gasteiger partial charge in [0.25, 0.3) is 0 Å². The Morgan fingerprint density at radius 3 is 2.10 bits per heavy atom. The van der Waals surface area contributed by atoms with E-state index in [1.165, 1.54) is 16.7 Å². The largest absolute Gasteiger partial charge is 0.313 e. The highest BCUT2D eigenvalue weighted by Gasteiger charge is 2.27. The molecule has 0 saturated carbocycles. The van der Waals surface area contributed by atoms with E-state index in [4.69, 9.17) is 0 Å². The maximum atomic E-state index is 3.71. The minimum Gasteiger partial charge on any atom is -0.313 e. The molecule has 0 spiro atoms. The van der Waals surface area contributed by atoms with Gasteiger partial charge in [-0.3, -0.25) is 0 Å². The van der Waals surface area contributed by atoms with E-state index >= 15 is 0 Å². The highest BCUT2D eigenvalue weighted by atomic mass is 14.9. The molecule has 0 bridgehead atoms. The Morgan fingerprint density at radius 2 is 1.52 bits per heavy atom. The van der Waals surface area contributed by atoms with Crippen LogP contribution in [-0.4, -0.2) is 12.6 Å². The summed E-state index contributed by atoms with van der Waals surface area (Å²) in [6.45, 7) is 10.0. The van der Waals surface area contributed by atoms with E-state index in [1.54, 1.807) is 0 Å².